The van der Waals surface area contributed by atoms with Crippen LogP contribution in [0.5, 0.6) is 0 Å². The number of furan rings is 1. The molecule has 0 aliphatic rings. The summed E-state index contributed by atoms with van der Waals surface area (Å²) in [7, 11) is 0. The average Bonchev–Trinajstić information content (AvgIpc) is 3.17. The zero-order valence-corrected chi connectivity index (χ0v) is 16.3. The maximum atomic E-state index is 6.00. The Balaban J connectivity index is 1.29. The molecule has 0 amide bonds. The van der Waals surface area contributed by atoms with Crippen LogP contribution < -0.4 is 5.32 Å². The molecule has 0 saturated carbocycles. The summed E-state index contributed by atoms with van der Waals surface area (Å²) in [5.74, 6) is 0. The smallest absolute Gasteiger partial charge is 0.137 e. The molecule has 6 rings (SSSR count). The molecule has 0 saturated heterocycles. The van der Waals surface area contributed by atoms with Gasteiger partial charge in [0.05, 0.1) is 0 Å². The van der Waals surface area contributed by atoms with E-state index in [4.69, 9.17) is 4.42 Å². The minimum atomic E-state index is 0.897. The first-order valence-electron chi connectivity index (χ1n) is 10.1. The Morgan fingerprint density at radius 2 is 1.17 bits per heavy atom. The van der Waals surface area contributed by atoms with Crippen molar-refractivity contribution in [3.05, 3.63) is 109 Å². The number of anilines is 2. The lowest BCUT2D eigenvalue weighted by Gasteiger charge is -2.09. The number of hydrogen-bond acceptors (Lipinski definition) is 2. The lowest BCUT2D eigenvalue weighted by atomic mass is 10.0. The molecule has 0 bridgehead atoms. The van der Waals surface area contributed by atoms with Gasteiger partial charge in [0.1, 0.15) is 11.2 Å². The average molecular weight is 385 g/mol. The van der Waals surface area contributed by atoms with Gasteiger partial charge >= 0.3 is 0 Å². The maximum absolute atomic E-state index is 6.00. The van der Waals surface area contributed by atoms with Crippen molar-refractivity contribution < 1.29 is 4.42 Å². The molecule has 1 N–H and O–H groups in total. The van der Waals surface area contributed by atoms with E-state index in [0.29, 0.717) is 0 Å². The Morgan fingerprint density at radius 3 is 2.07 bits per heavy atom. The van der Waals surface area contributed by atoms with Crippen molar-refractivity contribution in [2.75, 3.05) is 5.32 Å². The van der Waals surface area contributed by atoms with E-state index < -0.39 is 0 Å². The van der Waals surface area contributed by atoms with Crippen LogP contribution in [0.1, 0.15) is 0 Å². The third kappa shape index (κ3) is 2.90. The second kappa shape index (κ2) is 6.78. The van der Waals surface area contributed by atoms with Gasteiger partial charge in [-0.2, -0.15) is 0 Å². The highest BCUT2D eigenvalue weighted by atomic mass is 16.3. The molecular formula is C28H19NO. The van der Waals surface area contributed by atoms with Crippen molar-refractivity contribution in [3.8, 4) is 11.1 Å². The summed E-state index contributed by atoms with van der Waals surface area (Å²) in [6.45, 7) is 0. The maximum Gasteiger partial charge on any atom is 0.137 e. The zero-order chi connectivity index (χ0) is 19.9. The van der Waals surface area contributed by atoms with Crippen LogP contribution in [0, 0.1) is 0 Å². The Kier molecular flexibility index (Phi) is 3.82. The summed E-state index contributed by atoms with van der Waals surface area (Å²) in [6, 6.07) is 38.0. The molecule has 6 aromatic rings. The number of para-hydroxylation sites is 1. The van der Waals surface area contributed by atoms with Gasteiger partial charge in [0.25, 0.3) is 0 Å². The summed E-state index contributed by atoms with van der Waals surface area (Å²) in [4.78, 5) is 0. The summed E-state index contributed by atoms with van der Waals surface area (Å²) in [6.07, 6.45) is 0. The van der Waals surface area contributed by atoms with Crippen LogP contribution in [-0.2, 0) is 0 Å². The van der Waals surface area contributed by atoms with Gasteiger partial charge in [-0.3, -0.25) is 0 Å². The highest BCUT2D eigenvalue weighted by molar-refractivity contribution is 6.05. The fraction of sp³-hybridized carbons (Fsp3) is 0. The largest absolute Gasteiger partial charge is 0.456 e. The molecule has 2 heteroatoms. The molecule has 1 heterocycles. The van der Waals surface area contributed by atoms with E-state index in [2.05, 4.69) is 96.3 Å². The summed E-state index contributed by atoms with van der Waals surface area (Å²) < 4.78 is 6.00. The minimum Gasteiger partial charge on any atom is -0.456 e. The van der Waals surface area contributed by atoms with Crippen LogP contribution in [0.2, 0.25) is 0 Å². The Bertz CT molecular complexity index is 1510. The molecule has 142 valence electrons. The van der Waals surface area contributed by atoms with Crippen LogP contribution >= 0.6 is 0 Å². The summed E-state index contributed by atoms with van der Waals surface area (Å²) in [5.41, 5.74) is 6.32. The second-order valence-corrected chi connectivity index (χ2v) is 7.57. The van der Waals surface area contributed by atoms with Crippen molar-refractivity contribution in [3.63, 3.8) is 0 Å². The van der Waals surface area contributed by atoms with Crippen molar-refractivity contribution >= 4 is 44.1 Å². The molecular weight excluding hydrogens is 366 g/mol. The van der Waals surface area contributed by atoms with Crippen LogP contribution in [0.4, 0.5) is 11.4 Å². The van der Waals surface area contributed by atoms with Crippen LogP contribution in [0.15, 0.2) is 114 Å². The highest BCUT2D eigenvalue weighted by Gasteiger charge is 2.07. The third-order valence-corrected chi connectivity index (χ3v) is 5.64. The fourth-order valence-electron chi connectivity index (χ4n) is 4.09. The van der Waals surface area contributed by atoms with Gasteiger partial charge in [-0.15, -0.1) is 0 Å². The minimum absolute atomic E-state index is 0.897. The summed E-state index contributed by atoms with van der Waals surface area (Å²) in [5, 5.41) is 8.31. The van der Waals surface area contributed by atoms with Gasteiger partial charge < -0.3 is 9.73 Å². The summed E-state index contributed by atoms with van der Waals surface area (Å²) >= 11 is 0. The van der Waals surface area contributed by atoms with Gasteiger partial charge in [-0.05, 0) is 58.3 Å². The molecule has 0 spiro atoms. The van der Waals surface area contributed by atoms with Crippen molar-refractivity contribution in [1.82, 2.24) is 0 Å². The number of nitrogens with one attached hydrogen (secondary N) is 1. The van der Waals surface area contributed by atoms with Gasteiger partial charge in [0.2, 0.25) is 0 Å². The molecule has 0 atom stereocenters. The number of rotatable bonds is 3. The van der Waals surface area contributed by atoms with E-state index in [1.807, 2.05) is 18.2 Å². The fourth-order valence-corrected chi connectivity index (χ4v) is 4.09. The van der Waals surface area contributed by atoms with Gasteiger partial charge in [0, 0.05) is 28.2 Å². The Labute approximate surface area is 174 Å². The van der Waals surface area contributed by atoms with E-state index in [1.54, 1.807) is 0 Å². The second-order valence-electron chi connectivity index (χ2n) is 7.57. The number of benzene rings is 5. The normalized spacial score (nSPS) is 11.3. The predicted molar refractivity (Wildman–Crippen MR) is 126 cm³/mol. The van der Waals surface area contributed by atoms with E-state index in [9.17, 15) is 0 Å². The quantitative estimate of drug-likeness (QED) is 0.332. The van der Waals surface area contributed by atoms with Crippen LogP contribution in [0.3, 0.4) is 0 Å². The molecule has 0 aliphatic heterocycles. The molecule has 5 aromatic carbocycles. The SMILES string of the molecule is c1ccc2cc(-c3ccc(Nc4ccc5c(c4)oc4ccccc45)cc3)ccc2c1. The van der Waals surface area contributed by atoms with E-state index in [0.717, 1.165) is 33.3 Å². The molecule has 0 fully saturated rings. The lowest BCUT2D eigenvalue weighted by Crippen LogP contribution is -1.89. The first-order valence-corrected chi connectivity index (χ1v) is 10.1. The Hall–Kier alpha value is -4.04. The van der Waals surface area contributed by atoms with Gasteiger partial charge in [-0.25, -0.2) is 0 Å². The molecule has 0 aliphatic carbocycles. The standard InChI is InChI=1S/C28H19NO/c1-2-6-21-17-22(10-9-19(21)5-1)20-11-13-23(14-12-20)29-24-15-16-26-25-7-3-4-8-27(25)30-28(26)18-24/h1-18,29H. The molecule has 0 unspecified atom stereocenters. The topological polar surface area (TPSA) is 25.2 Å². The molecule has 30 heavy (non-hydrogen) atoms. The predicted octanol–water partition coefficient (Wildman–Crippen LogP) is 8.15. The van der Waals surface area contributed by atoms with Crippen molar-refractivity contribution in [2.24, 2.45) is 0 Å². The van der Waals surface area contributed by atoms with Gasteiger partial charge in [0.15, 0.2) is 0 Å². The monoisotopic (exact) mass is 385 g/mol. The molecule has 2 nitrogen and oxygen atoms in total. The number of fused-ring (bicyclic) bond motifs is 4. The van der Waals surface area contributed by atoms with Crippen LogP contribution in [0.25, 0.3) is 43.8 Å². The Morgan fingerprint density at radius 1 is 0.467 bits per heavy atom. The van der Waals surface area contributed by atoms with Crippen molar-refractivity contribution in [2.45, 2.75) is 0 Å². The highest BCUT2D eigenvalue weighted by Crippen LogP contribution is 2.32. The third-order valence-electron chi connectivity index (χ3n) is 5.64. The first kappa shape index (κ1) is 16.9. The van der Waals surface area contributed by atoms with Crippen LogP contribution in [-0.4, -0.2) is 0 Å². The van der Waals surface area contributed by atoms with Crippen molar-refractivity contribution in [1.29, 1.82) is 0 Å². The molecule has 1 aromatic heterocycles. The number of hydrogen-bond donors (Lipinski definition) is 1. The van der Waals surface area contributed by atoms with Gasteiger partial charge in [-0.1, -0.05) is 66.7 Å². The van der Waals surface area contributed by atoms with E-state index >= 15 is 0 Å². The van der Waals surface area contributed by atoms with E-state index in [-0.39, 0.29) is 0 Å². The zero-order valence-electron chi connectivity index (χ0n) is 16.3. The lowest BCUT2D eigenvalue weighted by molar-refractivity contribution is 0.669. The molecule has 0 radical (unpaired) electrons. The van der Waals surface area contributed by atoms with E-state index in [1.165, 1.54) is 21.9 Å². The first-order chi connectivity index (χ1) is 14.8.